The van der Waals surface area contributed by atoms with Crippen molar-refractivity contribution in [2.24, 2.45) is 0 Å². The molecule has 2 saturated heterocycles. The standard InChI is InChI=1S/C8H12N2O3S/c11-7-5-10(8(12)9-7)6-1-3-14(13)4-2-6/h6H,1-5H2,(H,9,11,12). The molecule has 1 N–H and O–H groups in total. The fraction of sp³-hybridized carbons (Fsp3) is 0.750. The molecule has 2 heterocycles. The predicted molar refractivity (Wildman–Crippen MR) is 51.1 cm³/mol. The lowest BCUT2D eigenvalue weighted by atomic mass is 10.1. The molecule has 0 bridgehead atoms. The third-order valence-electron chi connectivity index (χ3n) is 2.62. The molecule has 2 aliphatic rings. The number of carbonyl (C=O) groups is 2. The largest absolute Gasteiger partial charge is 0.324 e. The summed E-state index contributed by atoms with van der Waals surface area (Å²) in [5, 5.41) is 2.25. The molecule has 0 radical (unpaired) electrons. The summed E-state index contributed by atoms with van der Waals surface area (Å²) in [5.41, 5.74) is 0. The Morgan fingerprint density at radius 3 is 2.43 bits per heavy atom. The fourth-order valence-corrected chi connectivity index (χ4v) is 3.12. The molecule has 5 nitrogen and oxygen atoms in total. The molecular formula is C8H12N2O3S. The summed E-state index contributed by atoms with van der Waals surface area (Å²) in [4.78, 5) is 23.8. The Balaban J connectivity index is 1.98. The summed E-state index contributed by atoms with van der Waals surface area (Å²) in [6.07, 6.45) is 1.49. The Kier molecular flexibility index (Phi) is 2.54. The molecule has 2 aliphatic heterocycles. The van der Waals surface area contributed by atoms with Crippen LogP contribution in [0.3, 0.4) is 0 Å². The van der Waals surface area contributed by atoms with Gasteiger partial charge in [-0.05, 0) is 12.8 Å². The first-order valence-electron chi connectivity index (χ1n) is 4.62. The van der Waals surface area contributed by atoms with E-state index in [2.05, 4.69) is 5.32 Å². The van der Waals surface area contributed by atoms with Gasteiger partial charge in [-0.15, -0.1) is 0 Å². The summed E-state index contributed by atoms with van der Waals surface area (Å²) >= 11 is 0. The van der Waals surface area contributed by atoms with Gasteiger partial charge in [-0.3, -0.25) is 14.3 Å². The van der Waals surface area contributed by atoms with E-state index in [1.807, 2.05) is 0 Å². The average molecular weight is 216 g/mol. The molecule has 0 atom stereocenters. The quantitative estimate of drug-likeness (QED) is 0.598. The maximum Gasteiger partial charge on any atom is 0.324 e. The van der Waals surface area contributed by atoms with Crippen molar-refractivity contribution >= 4 is 22.7 Å². The molecule has 2 fully saturated rings. The smallest absolute Gasteiger partial charge is 0.312 e. The van der Waals surface area contributed by atoms with E-state index in [4.69, 9.17) is 0 Å². The predicted octanol–water partition coefficient (Wildman–Crippen LogP) is -0.551. The van der Waals surface area contributed by atoms with Crippen LogP contribution in [0.1, 0.15) is 12.8 Å². The van der Waals surface area contributed by atoms with Crippen molar-refractivity contribution in [1.82, 2.24) is 10.2 Å². The summed E-state index contributed by atoms with van der Waals surface area (Å²) in [6, 6.07) is -0.202. The Bertz CT molecular complexity index is 295. The SMILES string of the molecule is O=C1CN(C2CCS(=O)CC2)C(=O)N1. The van der Waals surface area contributed by atoms with Gasteiger partial charge < -0.3 is 4.90 Å². The van der Waals surface area contributed by atoms with Gasteiger partial charge in [0.2, 0.25) is 5.91 Å². The number of nitrogens with one attached hydrogen (secondary N) is 1. The molecule has 0 spiro atoms. The Morgan fingerprint density at radius 2 is 1.93 bits per heavy atom. The lowest BCUT2D eigenvalue weighted by Crippen LogP contribution is -2.41. The minimum Gasteiger partial charge on any atom is -0.312 e. The topological polar surface area (TPSA) is 66.5 Å². The van der Waals surface area contributed by atoms with Crippen LogP contribution in [0.4, 0.5) is 4.79 Å². The first kappa shape index (κ1) is 9.64. The van der Waals surface area contributed by atoms with Gasteiger partial charge in [-0.25, -0.2) is 4.79 Å². The van der Waals surface area contributed by atoms with Crippen LogP contribution in [0, 0.1) is 0 Å². The zero-order valence-corrected chi connectivity index (χ0v) is 8.51. The molecule has 0 aromatic rings. The minimum absolute atomic E-state index is 0.0964. The number of urea groups is 1. The fourth-order valence-electron chi connectivity index (χ4n) is 1.85. The van der Waals surface area contributed by atoms with Gasteiger partial charge in [0.25, 0.3) is 0 Å². The van der Waals surface area contributed by atoms with Crippen molar-refractivity contribution in [2.45, 2.75) is 18.9 Å². The normalized spacial score (nSPS) is 33.3. The van der Waals surface area contributed by atoms with Crippen molar-refractivity contribution in [3.05, 3.63) is 0 Å². The highest BCUT2D eigenvalue weighted by Crippen LogP contribution is 2.17. The van der Waals surface area contributed by atoms with Crippen LogP contribution in [0.2, 0.25) is 0 Å². The van der Waals surface area contributed by atoms with E-state index in [0.29, 0.717) is 11.5 Å². The van der Waals surface area contributed by atoms with Crippen molar-refractivity contribution in [3.8, 4) is 0 Å². The summed E-state index contributed by atoms with van der Waals surface area (Å²) < 4.78 is 11.1. The van der Waals surface area contributed by atoms with Crippen molar-refractivity contribution in [3.63, 3.8) is 0 Å². The van der Waals surface area contributed by atoms with Gasteiger partial charge in [0, 0.05) is 28.3 Å². The average Bonchev–Trinajstić information content (AvgIpc) is 2.47. The summed E-state index contributed by atoms with van der Waals surface area (Å²) in [5.74, 6) is 1.05. The maximum absolute atomic E-state index is 11.3. The van der Waals surface area contributed by atoms with Crippen LogP contribution in [-0.2, 0) is 15.6 Å². The van der Waals surface area contributed by atoms with E-state index in [0.717, 1.165) is 12.8 Å². The monoisotopic (exact) mass is 216 g/mol. The molecule has 0 unspecified atom stereocenters. The Labute approximate surface area is 84.3 Å². The lowest BCUT2D eigenvalue weighted by Gasteiger charge is -2.28. The first-order valence-corrected chi connectivity index (χ1v) is 6.11. The van der Waals surface area contributed by atoms with Crippen LogP contribution in [0.25, 0.3) is 0 Å². The highest BCUT2D eigenvalue weighted by atomic mass is 32.2. The van der Waals surface area contributed by atoms with E-state index in [9.17, 15) is 13.8 Å². The van der Waals surface area contributed by atoms with Gasteiger partial charge in [0.15, 0.2) is 0 Å². The molecular weight excluding hydrogens is 204 g/mol. The van der Waals surface area contributed by atoms with Gasteiger partial charge >= 0.3 is 6.03 Å². The third-order valence-corrected chi connectivity index (χ3v) is 4.00. The van der Waals surface area contributed by atoms with Crippen molar-refractivity contribution in [1.29, 1.82) is 0 Å². The minimum atomic E-state index is -0.724. The molecule has 14 heavy (non-hydrogen) atoms. The number of imide groups is 1. The van der Waals surface area contributed by atoms with Crippen molar-refractivity contribution < 1.29 is 13.8 Å². The summed E-state index contributed by atoms with van der Waals surface area (Å²) in [7, 11) is -0.724. The summed E-state index contributed by atoms with van der Waals surface area (Å²) in [6.45, 7) is 0.163. The first-order chi connectivity index (χ1) is 6.66. The molecule has 0 aromatic carbocycles. The van der Waals surface area contributed by atoms with Gasteiger partial charge in [0.05, 0.1) is 0 Å². The zero-order chi connectivity index (χ0) is 10.1. The molecule has 6 heteroatoms. The molecule has 0 saturated carbocycles. The van der Waals surface area contributed by atoms with Crippen LogP contribution in [-0.4, -0.2) is 45.1 Å². The Hall–Kier alpha value is -0.910. The number of carbonyl (C=O) groups excluding carboxylic acids is 2. The number of rotatable bonds is 1. The van der Waals surface area contributed by atoms with E-state index < -0.39 is 10.8 Å². The molecule has 0 aromatic heterocycles. The van der Waals surface area contributed by atoms with Crippen LogP contribution in [0.5, 0.6) is 0 Å². The van der Waals surface area contributed by atoms with Crippen LogP contribution in [0.15, 0.2) is 0 Å². The molecule has 3 amide bonds. The molecule has 2 rings (SSSR count). The lowest BCUT2D eigenvalue weighted by molar-refractivity contribution is -0.118. The van der Waals surface area contributed by atoms with E-state index in [1.54, 1.807) is 4.90 Å². The zero-order valence-electron chi connectivity index (χ0n) is 7.69. The van der Waals surface area contributed by atoms with Crippen LogP contribution >= 0.6 is 0 Å². The van der Waals surface area contributed by atoms with E-state index >= 15 is 0 Å². The highest BCUT2D eigenvalue weighted by molar-refractivity contribution is 7.85. The number of amides is 3. The third kappa shape index (κ3) is 1.79. The second-order valence-electron chi connectivity index (χ2n) is 3.56. The molecule has 0 aliphatic carbocycles. The van der Waals surface area contributed by atoms with Crippen LogP contribution < -0.4 is 5.32 Å². The highest BCUT2D eigenvalue weighted by Gasteiger charge is 2.34. The number of nitrogens with zero attached hydrogens (tertiary/aromatic N) is 1. The van der Waals surface area contributed by atoms with Gasteiger partial charge in [-0.2, -0.15) is 0 Å². The van der Waals surface area contributed by atoms with Crippen molar-refractivity contribution in [2.75, 3.05) is 18.1 Å². The maximum atomic E-state index is 11.3. The van der Waals surface area contributed by atoms with Gasteiger partial charge in [0.1, 0.15) is 6.54 Å². The second-order valence-corrected chi connectivity index (χ2v) is 5.26. The second kappa shape index (κ2) is 3.68. The van der Waals surface area contributed by atoms with E-state index in [-0.39, 0.29) is 24.5 Å². The Morgan fingerprint density at radius 1 is 1.29 bits per heavy atom. The molecule has 78 valence electrons. The van der Waals surface area contributed by atoms with E-state index in [1.165, 1.54) is 0 Å². The number of hydrogen-bond acceptors (Lipinski definition) is 3. The number of hydrogen-bond donors (Lipinski definition) is 1. The van der Waals surface area contributed by atoms with Gasteiger partial charge in [-0.1, -0.05) is 0 Å².